The van der Waals surface area contributed by atoms with Crippen LogP contribution in [0.2, 0.25) is 0 Å². The zero-order chi connectivity index (χ0) is 28.1. The van der Waals surface area contributed by atoms with E-state index >= 15 is 0 Å². The molecule has 0 amide bonds. The van der Waals surface area contributed by atoms with Gasteiger partial charge in [-0.3, -0.25) is 0 Å². The van der Waals surface area contributed by atoms with Gasteiger partial charge in [0, 0.05) is 16.2 Å². The van der Waals surface area contributed by atoms with Crippen molar-refractivity contribution in [2.45, 2.75) is 5.66 Å². The predicted octanol–water partition coefficient (Wildman–Crippen LogP) is 6.51. The molecule has 13 rings (SSSR count). The van der Waals surface area contributed by atoms with Crippen molar-refractivity contribution in [1.82, 2.24) is 18.8 Å². The highest BCUT2D eigenvalue weighted by atomic mass is 16.5. The normalized spacial score (nSPS) is 17.4. The zero-order valence-corrected chi connectivity index (χ0v) is 23.0. The summed E-state index contributed by atoms with van der Waals surface area (Å²) in [5, 5.41) is 7.27. The first-order valence-corrected chi connectivity index (χ1v) is 14.9. The Hall–Kier alpha value is -6.08. The van der Waals surface area contributed by atoms with Gasteiger partial charge < -0.3 is 4.74 Å². The number of hydrogen-bond donors (Lipinski definition) is 0. The van der Waals surface area contributed by atoms with Crippen molar-refractivity contribution >= 4 is 77.0 Å². The van der Waals surface area contributed by atoms with Crippen molar-refractivity contribution in [3.8, 4) is 11.5 Å². The summed E-state index contributed by atoms with van der Waals surface area (Å²) in [6, 6.07) is 35.1. The van der Waals surface area contributed by atoms with E-state index in [0.717, 1.165) is 34.0 Å². The lowest BCUT2D eigenvalue weighted by molar-refractivity contribution is -0.924. The van der Waals surface area contributed by atoms with Gasteiger partial charge in [0.05, 0.1) is 22.5 Å². The number of ether oxygens (including phenoxy) is 1. The van der Waals surface area contributed by atoms with Crippen molar-refractivity contribution < 1.29 is 13.9 Å². The second-order valence-corrected chi connectivity index (χ2v) is 12.2. The Morgan fingerprint density at radius 3 is 1.86 bits per heavy atom. The summed E-state index contributed by atoms with van der Waals surface area (Å²) in [4.78, 5) is 10.1. The molecule has 0 N–H and O–H groups in total. The Morgan fingerprint density at radius 1 is 0.545 bits per heavy atom. The number of nitrogens with zero attached hydrogens (tertiary/aromatic N) is 6. The molecule has 0 radical (unpaired) electrons. The summed E-state index contributed by atoms with van der Waals surface area (Å²) in [6.45, 7) is 0. The van der Waals surface area contributed by atoms with Gasteiger partial charge in [0.25, 0.3) is 17.0 Å². The van der Waals surface area contributed by atoms with E-state index in [2.05, 4.69) is 115 Å². The lowest BCUT2D eigenvalue weighted by Crippen LogP contribution is -2.72. The minimum atomic E-state index is -0.765. The maximum absolute atomic E-state index is 6.91. The second-order valence-electron chi connectivity index (χ2n) is 12.2. The number of imidazole rings is 2. The molecule has 0 bridgehead atoms. The SMILES string of the molecule is c1ccc2c(c1)c1ccc3c4c1c1n2c2ccccc2[n+]1C41c2c(ccc4c5ccccc5n5c6nccnc6[n+]1c5c24)O3. The molecule has 10 aromatic rings. The lowest BCUT2D eigenvalue weighted by Gasteiger charge is -2.31. The van der Waals surface area contributed by atoms with Gasteiger partial charge in [-0.1, -0.05) is 48.5 Å². The van der Waals surface area contributed by atoms with Gasteiger partial charge in [-0.25, -0.2) is 9.38 Å². The largest absolute Gasteiger partial charge is 0.456 e. The van der Waals surface area contributed by atoms with Crippen LogP contribution in [0, 0.1) is 0 Å². The predicted molar refractivity (Wildman–Crippen MR) is 167 cm³/mol. The van der Waals surface area contributed by atoms with Gasteiger partial charge in [-0.2, -0.15) is 13.5 Å². The Morgan fingerprint density at radius 2 is 1.14 bits per heavy atom. The highest BCUT2D eigenvalue weighted by Gasteiger charge is 2.66. The number of rotatable bonds is 0. The van der Waals surface area contributed by atoms with Crippen LogP contribution in [0.1, 0.15) is 11.1 Å². The van der Waals surface area contributed by atoms with Crippen LogP contribution >= 0.6 is 0 Å². The van der Waals surface area contributed by atoms with E-state index in [4.69, 9.17) is 14.7 Å². The van der Waals surface area contributed by atoms with E-state index in [-0.39, 0.29) is 0 Å². The topological polar surface area (TPSA) is 51.6 Å². The van der Waals surface area contributed by atoms with Crippen molar-refractivity contribution in [2.75, 3.05) is 0 Å². The average Bonchev–Trinajstić information content (AvgIpc) is 3.79. The minimum absolute atomic E-state index is 0.765. The van der Waals surface area contributed by atoms with Crippen LogP contribution in [0.3, 0.4) is 0 Å². The monoisotopic (exact) mass is 562 g/mol. The van der Waals surface area contributed by atoms with Crippen molar-refractivity contribution in [1.29, 1.82) is 0 Å². The Balaban J connectivity index is 1.45. The molecule has 200 valence electrons. The van der Waals surface area contributed by atoms with Crippen LogP contribution in [0.25, 0.3) is 77.0 Å². The van der Waals surface area contributed by atoms with Gasteiger partial charge in [0.15, 0.2) is 11.0 Å². The van der Waals surface area contributed by atoms with Crippen molar-refractivity contribution in [2.24, 2.45) is 0 Å². The van der Waals surface area contributed by atoms with E-state index in [0.29, 0.717) is 0 Å². The fourth-order valence-corrected chi connectivity index (χ4v) is 9.19. The molecule has 44 heavy (non-hydrogen) atoms. The first kappa shape index (κ1) is 20.7. The Labute approximate surface area is 247 Å². The average molecular weight is 563 g/mol. The second kappa shape index (κ2) is 6.31. The van der Waals surface area contributed by atoms with Gasteiger partial charge in [0.2, 0.25) is 5.65 Å². The third-order valence-electron chi connectivity index (χ3n) is 10.5. The standard InChI is InChI=1S/C37H18N6O/c1-3-9-23-19(7-1)21-13-15-27-31-29(21)35-40(23)25-11-5-6-12-26(25)42(35)37(31)32-28(44-27)16-14-22-20-8-2-4-10-24(20)41-33-34(39-18-17-38-33)43(37)36(41)30(22)32/h1-18H/q+2. The third kappa shape index (κ3) is 1.80. The number of benzene rings is 5. The van der Waals surface area contributed by atoms with Gasteiger partial charge in [0.1, 0.15) is 34.3 Å². The van der Waals surface area contributed by atoms with E-state index in [1.54, 1.807) is 6.20 Å². The van der Waals surface area contributed by atoms with Crippen molar-refractivity contribution in [3.05, 3.63) is 121 Å². The summed E-state index contributed by atoms with van der Waals surface area (Å²) in [7, 11) is 0. The molecule has 0 saturated heterocycles. The number of hydrogen-bond acceptors (Lipinski definition) is 3. The maximum atomic E-state index is 6.91. The fourth-order valence-electron chi connectivity index (χ4n) is 9.19. The lowest BCUT2D eigenvalue weighted by atomic mass is 9.85. The maximum Gasteiger partial charge on any atom is 0.327 e. The van der Waals surface area contributed by atoms with E-state index in [9.17, 15) is 0 Å². The summed E-state index contributed by atoms with van der Waals surface area (Å²) in [6.07, 6.45) is 3.63. The summed E-state index contributed by atoms with van der Waals surface area (Å²) in [5.41, 5.74) is 10.2. The van der Waals surface area contributed by atoms with Crippen LogP contribution in [0.4, 0.5) is 0 Å². The van der Waals surface area contributed by atoms with Gasteiger partial charge in [-0.15, -0.1) is 4.98 Å². The molecular weight excluding hydrogens is 544 g/mol. The quantitative estimate of drug-likeness (QED) is 0.157. The van der Waals surface area contributed by atoms with Gasteiger partial charge in [-0.05, 0) is 53.9 Å². The van der Waals surface area contributed by atoms with E-state index < -0.39 is 5.66 Å². The molecule has 0 fully saturated rings. The number of para-hydroxylation sites is 4. The van der Waals surface area contributed by atoms with Crippen molar-refractivity contribution in [3.63, 3.8) is 0 Å². The van der Waals surface area contributed by atoms with E-state index in [1.807, 2.05) is 6.20 Å². The molecule has 1 atom stereocenters. The zero-order valence-electron chi connectivity index (χ0n) is 23.0. The van der Waals surface area contributed by atoms with Crippen LogP contribution in [0.5, 0.6) is 11.5 Å². The highest BCUT2D eigenvalue weighted by Crippen LogP contribution is 2.58. The van der Waals surface area contributed by atoms with Crippen LogP contribution in [0.15, 0.2) is 109 Å². The third-order valence-corrected chi connectivity index (χ3v) is 10.5. The molecule has 7 heteroatoms. The summed E-state index contributed by atoms with van der Waals surface area (Å²) in [5.74, 6) is 1.77. The van der Waals surface area contributed by atoms with Crippen LogP contribution in [-0.4, -0.2) is 18.8 Å². The Bertz CT molecular complexity index is 2890. The fraction of sp³-hybridized carbons (Fsp3) is 0.0270. The molecule has 7 nitrogen and oxygen atoms in total. The molecule has 1 unspecified atom stereocenters. The molecule has 0 saturated carbocycles. The molecule has 5 aromatic heterocycles. The highest BCUT2D eigenvalue weighted by molar-refractivity contribution is 6.19. The first-order chi connectivity index (χ1) is 21.9. The van der Waals surface area contributed by atoms with Crippen LogP contribution in [-0.2, 0) is 5.66 Å². The number of fused-ring (bicyclic) bond motifs is 12. The smallest absolute Gasteiger partial charge is 0.327 e. The number of pyridine rings is 2. The summed E-state index contributed by atoms with van der Waals surface area (Å²) >= 11 is 0. The molecule has 3 aliphatic heterocycles. The summed E-state index contributed by atoms with van der Waals surface area (Å²) < 4.78 is 16.7. The first-order valence-electron chi connectivity index (χ1n) is 14.9. The molecule has 1 spiro atoms. The van der Waals surface area contributed by atoms with Crippen LogP contribution < -0.4 is 13.9 Å². The molecule has 0 aliphatic carbocycles. The molecular formula is C37H18N6O+2. The number of aromatic nitrogens is 6. The molecule has 3 aliphatic rings. The van der Waals surface area contributed by atoms with Gasteiger partial charge >= 0.3 is 5.65 Å². The minimum Gasteiger partial charge on any atom is -0.456 e. The Kier molecular flexibility index (Phi) is 2.97. The molecule has 5 aromatic carbocycles. The van der Waals surface area contributed by atoms with E-state index in [1.165, 1.54) is 65.6 Å². The molecule has 8 heterocycles.